The van der Waals surface area contributed by atoms with E-state index in [4.69, 9.17) is 5.73 Å². The SMILES string of the molecule is CN(C)CC#Cc1cc[nH]c1NCCCCN. The van der Waals surface area contributed by atoms with Gasteiger partial charge >= 0.3 is 0 Å². The molecule has 1 aromatic rings. The Morgan fingerprint density at radius 1 is 1.41 bits per heavy atom. The van der Waals surface area contributed by atoms with Crippen LogP contribution in [0.25, 0.3) is 0 Å². The van der Waals surface area contributed by atoms with Crippen molar-refractivity contribution in [2.45, 2.75) is 12.8 Å². The van der Waals surface area contributed by atoms with Crippen LogP contribution in [-0.4, -0.2) is 43.6 Å². The van der Waals surface area contributed by atoms with E-state index < -0.39 is 0 Å². The van der Waals surface area contributed by atoms with Gasteiger partial charge in [0.1, 0.15) is 5.82 Å². The van der Waals surface area contributed by atoms with Gasteiger partial charge in [0.2, 0.25) is 0 Å². The van der Waals surface area contributed by atoms with Crippen LogP contribution < -0.4 is 11.1 Å². The molecule has 4 N–H and O–H groups in total. The number of nitrogens with one attached hydrogen (secondary N) is 2. The molecular formula is C13H22N4. The van der Waals surface area contributed by atoms with Gasteiger partial charge in [-0.2, -0.15) is 0 Å². The Morgan fingerprint density at radius 2 is 2.24 bits per heavy atom. The van der Waals surface area contributed by atoms with Crippen molar-refractivity contribution in [1.82, 2.24) is 9.88 Å². The summed E-state index contributed by atoms with van der Waals surface area (Å²) in [5, 5.41) is 3.34. The van der Waals surface area contributed by atoms with Crippen molar-refractivity contribution in [3.8, 4) is 11.8 Å². The van der Waals surface area contributed by atoms with Gasteiger partial charge in [0.25, 0.3) is 0 Å². The maximum Gasteiger partial charge on any atom is 0.119 e. The third-order valence-electron chi connectivity index (χ3n) is 2.30. The standard InChI is InChI=1S/C13H22N4/c1-17(2)11-5-6-12-7-10-16-13(12)15-9-4-3-8-14/h7,10,15-16H,3-4,8-9,11,14H2,1-2H3. The molecule has 1 heterocycles. The lowest BCUT2D eigenvalue weighted by atomic mass is 10.3. The number of nitrogens with two attached hydrogens (primary N) is 1. The van der Waals surface area contributed by atoms with Gasteiger partial charge in [-0.1, -0.05) is 11.8 Å². The Morgan fingerprint density at radius 3 is 2.94 bits per heavy atom. The van der Waals surface area contributed by atoms with Crippen LogP contribution >= 0.6 is 0 Å². The van der Waals surface area contributed by atoms with Gasteiger partial charge in [-0.3, -0.25) is 4.90 Å². The number of aromatic nitrogens is 1. The Kier molecular flexibility index (Phi) is 6.23. The number of anilines is 1. The minimum atomic E-state index is 0.752. The zero-order valence-electron chi connectivity index (χ0n) is 10.7. The number of hydrogen-bond donors (Lipinski definition) is 3. The summed E-state index contributed by atoms with van der Waals surface area (Å²) in [7, 11) is 4.02. The van der Waals surface area contributed by atoms with Gasteiger partial charge in [0.15, 0.2) is 0 Å². The molecule has 0 unspecified atom stereocenters. The Bertz CT molecular complexity index is 370. The highest BCUT2D eigenvalue weighted by Crippen LogP contribution is 2.10. The van der Waals surface area contributed by atoms with Crippen LogP contribution in [0.3, 0.4) is 0 Å². The fourth-order valence-electron chi connectivity index (χ4n) is 1.40. The highest BCUT2D eigenvalue weighted by Gasteiger charge is 1.99. The molecule has 0 saturated carbocycles. The van der Waals surface area contributed by atoms with E-state index in [0.717, 1.165) is 43.9 Å². The molecule has 0 atom stereocenters. The van der Waals surface area contributed by atoms with Crippen molar-refractivity contribution in [1.29, 1.82) is 0 Å². The highest BCUT2D eigenvalue weighted by atomic mass is 15.0. The average Bonchev–Trinajstić information content (AvgIpc) is 2.72. The van der Waals surface area contributed by atoms with Crippen LogP contribution in [0.15, 0.2) is 12.3 Å². The quantitative estimate of drug-likeness (QED) is 0.510. The van der Waals surface area contributed by atoms with Crippen LogP contribution in [-0.2, 0) is 0 Å². The van der Waals surface area contributed by atoms with Gasteiger partial charge in [-0.15, -0.1) is 0 Å². The summed E-state index contributed by atoms with van der Waals surface area (Å²) in [6.07, 6.45) is 4.04. The molecule has 4 nitrogen and oxygen atoms in total. The summed E-state index contributed by atoms with van der Waals surface area (Å²) in [6.45, 7) is 2.46. The largest absolute Gasteiger partial charge is 0.371 e. The van der Waals surface area contributed by atoms with Crippen LogP contribution in [0.1, 0.15) is 18.4 Å². The summed E-state index contributed by atoms with van der Waals surface area (Å²) in [6, 6.07) is 1.99. The fourth-order valence-corrected chi connectivity index (χ4v) is 1.40. The van der Waals surface area contributed by atoms with Crippen LogP contribution in [0.2, 0.25) is 0 Å². The molecule has 0 amide bonds. The highest BCUT2D eigenvalue weighted by molar-refractivity contribution is 5.54. The maximum absolute atomic E-state index is 5.45. The zero-order chi connectivity index (χ0) is 12.5. The van der Waals surface area contributed by atoms with Gasteiger partial charge in [-0.25, -0.2) is 0 Å². The summed E-state index contributed by atoms with van der Waals surface area (Å²) in [5.74, 6) is 7.29. The lowest BCUT2D eigenvalue weighted by molar-refractivity contribution is 0.464. The van der Waals surface area contributed by atoms with E-state index in [1.54, 1.807) is 0 Å². The second-order valence-electron chi connectivity index (χ2n) is 4.23. The second-order valence-corrected chi connectivity index (χ2v) is 4.23. The van der Waals surface area contributed by atoms with Crippen LogP contribution in [0.4, 0.5) is 5.82 Å². The minimum absolute atomic E-state index is 0.752. The van der Waals surface area contributed by atoms with Gasteiger partial charge in [0.05, 0.1) is 12.1 Å². The molecule has 0 aromatic carbocycles. The van der Waals surface area contributed by atoms with E-state index in [9.17, 15) is 0 Å². The number of nitrogens with zero attached hydrogens (tertiary/aromatic N) is 1. The van der Waals surface area contributed by atoms with Crippen molar-refractivity contribution in [3.63, 3.8) is 0 Å². The van der Waals surface area contributed by atoms with Crippen molar-refractivity contribution in [2.24, 2.45) is 5.73 Å². The zero-order valence-corrected chi connectivity index (χ0v) is 10.7. The molecular weight excluding hydrogens is 212 g/mol. The molecule has 0 aliphatic carbocycles. The Balaban J connectivity index is 2.44. The third-order valence-corrected chi connectivity index (χ3v) is 2.30. The number of rotatable bonds is 6. The number of unbranched alkanes of at least 4 members (excludes halogenated alkanes) is 1. The van der Waals surface area contributed by atoms with Gasteiger partial charge in [0, 0.05) is 12.7 Å². The van der Waals surface area contributed by atoms with Crippen molar-refractivity contribution in [3.05, 3.63) is 17.8 Å². The van der Waals surface area contributed by atoms with Gasteiger partial charge < -0.3 is 16.0 Å². The smallest absolute Gasteiger partial charge is 0.119 e. The third kappa shape index (κ3) is 5.43. The predicted octanol–water partition coefficient (Wildman–Crippen LogP) is 1.08. The van der Waals surface area contributed by atoms with Crippen LogP contribution in [0.5, 0.6) is 0 Å². The average molecular weight is 234 g/mol. The maximum atomic E-state index is 5.45. The number of H-pyrrole nitrogens is 1. The lowest BCUT2D eigenvalue weighted by Crippen LogP contribution is -2.10. The molecule has 1 rings (SSSR count). The first-order chi connectivity index (χ1) is 8.24. The molecule has 0 fully saturated rings. The van der Waals surface area contributed by atoms with Crippen molar-refractivity contribution >= 4 is 5.82 Å². The molecule has 0 bridgehead atoms. The lowest BCUT2D eigenvalue weighted by Gasteiger charge is -2.04. The molecule has 0 spiro atoms. The summed E-state index contributed by atoms with van der Waals surface area (Å²) >= 11 is 0. The summed E-state index contributed by atoms with van der Waals surface area (Å²) in [5.41, 5.74) is 6.48. The Labute approximate surface area is 104 Å². The first kappa shape index (κ1) is 13.6. The van der Waals surface area contributed by atoms with E-state index in [-0.39, 0.29) is 0 Å². The van der Waals surface area contributed by atoms with Crippen LogP contribution in [0, 0.1) is 11.8 Å². The summed E-state index contributed by atoms with van der Waals surface area (Å²) in [4.78, 5) is 5.21. The minimum Gasteiger partial charge on any atom is -0.371 e. The van der Waals surface area contributed by atoms with E-state index >= 15 is 0 Å². The molecule has 0 saturated heterocycles. The van der Waals surface area contributed by atoms with E-state index in [1.807, 2.05) is 31.3 Å². The number of aromatic amines is 1. The number of hydrogen-bond acceptors (Lipinski definition) is 3. The molecule has 17 heavy (non-hydrogen) atoms. The topological polar surface area (TPSA) is 57.1 Å². The molecule has 4 heteroatoms. The summed E-state index contributed by atoms with van der Waals surface area (Å²) < 4.78 is 0. The van der Waals surface area contributed by atoms with E-state index in [0.29, 0.717) is 0 Å². The first-order valence-corrected chi connectivity index (χ1v) is 5.99. The predicted molar refractivity (Wildman–Crippen MR) is 73.0 cm³/mol. The molecule has 1 aromatic heterocycles. The molecule has 94 valence electrons. The Hall–Kier alpha value is -1.44. The second kappa shape index (κ2) is 7.77. The molecule has 0 aliphatic heterocycles. The first-order valence-electron chi connectivity index (χ1n) is 5.99. The normalized spacial score (nSPS) is 10.1. The fraction of sp³-hybridized carbons (Fsp3) is 0.538. The molecule has 0 aliphatic rings. The van der Waals surface area contributed by atoms with Crippen molar-refractivity contribution in [2.75, 3.05) is 39.0 Å². The van der Waals surface area contributed by atoms with Gasteiger partial charge in [-0.05, 0) is 39.5 Å². The monoisotopic (exact) mass is 234 g/mol. The van der Waals surface area contributed by atoms with Crippen molar-refractivity contribution < 1.29 is 0 Å². The van der Waals surface area contributed by atoms with E-state index in [1.165, 1.54) is 0 Å². The van der Waals surface area contributed by atoms with E-state index in [2.05, 4.69) is 22.1 Å². The molecule has 0 radical (unpaired) electrons.